The molecular weight excluding hydrogens is 304 g/mol. The number of fused-ring (bicyclic) bond motifs is 1. The maximum atomic E-state index is 11.2. The lowest BCUT2D eigenvalue weighted by molar-refractivity contribution is 0.320. The van der Waals surface area contributed by atoms with E-state index in [9.17, 15) is 9.13 Å². The van der Waals surface area contributed by atoms with Crippen LogP contribution in [-0.2, 0) is 22.0 Å². The largest absolute Gasteiger partial charge is 0.354 e. The molecule has 20 heavy (non-hydrogen) atoms. The van der Waals surface area contributed by atoms with Crippen molar-refractivity contribution in [1.29, 1.82) is 0 Å². The first-order valence-electron chi connectivity index (χ1n) is 6.02. The molecule has 9 heteroatoms. The highest BCUT2D eigenvalue weighted by atomic mass is 31.2. The molecule has 112 valence electrons. The zero-order valence-electron chi connectivity index (χ0n) is 10.8. The summed E-state index contributed by atoms with van der Waals surface area (Å²) in [5, 5.41) is 2.44. The summed E-state index contributed by atoms with van der Waals surface area (Å²) in [5.41, 5.74) is 1.00. The molecule has 0 aromatic heterocycles. The highest BCUT2D eigenvalue weighted by molar-refractivity contribution is 7.70. The van der Waals surface area contributed by atoms with Gasteiger partial charge in [0.25, 0.3) is 0 Å². The van der Waals surface area contributed by atoms with Crippen molar-refractivity contribution in [3.8, 4) is 0 Å². The van der Waals surface area contributed by atoms with Crippen molar-refractivity contribution in [3.63, 3.8) is 0 Å². The molecule has 7 nitrogen and oxygen atoms in total. The number of aryl methyl sites for hydroxylation is 1. The normalized spacial score (nSPS) is 19.4. The van der Waals surface area contributed by atoms with Gasteiger partial charge in [0, 0.05) is 6.04 Å². The van der Waals surface area contributed by atoms with E-state index in [2.05, 4.69) is 5.32 Å². The quantitative estimate of drug-likeness (QED) is 0.516. The molecule has 1 aromatic carbocycles. The van der Waals surface area contributed by atoms with Crippen molar-refractivity contribution in [2.24, 2.45) is 0 Å². The molecule has 0 spiro atoms. The van der Waals surface area contributed by atoms with E-state index in [1.54, 1.807) is 0 Å². The minimum atomic E-state index is -4.93. The summed E-state index contributed by atoms with van der Waals surface area (Å²) in [6.07, 6.45) is 0.986. The topological polar surface area (TPSA) is 127 Å². The smallest absolute Gasteiger partial charge is 0.323 e. The van der Waals surface area contributed by atoms with Gasteiger partial charge in [0.2, 0.25) is 5.52 Å². The van der Waals surface area contributed by atoms with E-state index in [0.29, 0.717) is 12.8 Å². The van der Waals surface area contributed by atoms with Crippen LogP contribution in [0, 0.1) is 6.92 Å². The van der Waals surface area contributed by atoms with Gasteiger partial charge in [-0.05, 0) is 30.9 Å². The maximum Gasteiger partial charge on any atom is 0.354 e. The van der Waals surface area contributed by atoms with Crippen molar-refractivity contribution in [3.05, 3.63) is 34.9 Å². The summed E-state index contributed by atoms with van der Waals surface area (Å²) in [6.45, 7) is 1.94. The van der Waals surface area contributed by atoms with Gasteiger partial charge in [-0.3, -0.25) is 14.4 Å². The van der Waals surface area contributed by atoms with E-state index < -0.39 is 26.8 Å². The second-order valence-electron chi connectivity index (χ2n) is 5.10. The molecule has 1 aliphatic carbocycles. The first-order valence-corrected chi connectivity index (χ1v) is 9.38. The molecule has 1 atom stereocenters. The number of hydrogen-bond acceptors (Lipinski definition) is 3. The van der Waals surface area contributed by atoms with Crippen LogP contribution in [0.15, 0.2) is 18.2 Å². The van der Waals surface area contributed by atoms with E-state index in [0.717, 1.165) is 16.7 Å². The van der Waals surface area contributed by atoms with Crippen molar-refractivity contribution in [2.45, 2.75) is 31.3 Å². The highest BCUT2D eigenvalue weighted by Gasteiger charge is 2.45. The molecule has 0 bridgehead atoms. The van der Waals surface area contributed by atoms with E-state index in [-0.39, 0.29) is 0 Å². The Morgan fingerprint density at radius 2 is 1.65 bits per heavy atom. The summed E-state index contributed by atoms with van der Waals surface area (Å²) in [6, 6.07) is 5.44. The average Bonchev–Trinajstić information content (AvgIpc) is 2.64. The lowest BCUT2D eigenvalue weighted by Crippen LogP contribution is -2.38. The van der Waals surface area contributed by atoms with Gasteiger partial charge < -0.3 is 19.6 Å². The lowest BCUT2D eigenvalue weighted by Gasteiger charge is -2.24. The fourth-order valence-electron chi connectivity index (χ4n) is 2.47. The molecule has 0 saturated heterocycles. The highest BCUT2D eigenvalue weighted by Crippen LogP contribution is 2.58. The summed E-state index contributed by atoms with van der Waals surface area (Å²) in [7, 11) is -9.86. The van der Waals surface area contributed by atoms with Crippen LogP contribution in [0.3, 0.4) is 0 Å². The molecular formula is C11H17NO6P2. The Kier molecular flexibility index (Phi) is 4.24. The predicted octanol–water partition coefficient (Wildman–Crippen LogP) is 0.691. The third kappa shape index (κ3) is 3.57. The van der Waals surface area contributed by atoms with Crippen LogP contribution in [0.25, 0.3) is 0 Å². The number of nitrogens with one attached hydrogen (secondary N) is 1. The SMILES string of the molecule is Cc1ccc2c(c1)CC(NC(P(=O)(O)O)P(=O)(O)O)C2. The average molecular weight is 321 g/mol. The number of benzene rings is 1. The molecule has 2 rings (SSSR count). The first kappa shape index (κ1) is 15.9. The van der Waals surface area contributed by atoms with Crippen LogP contribution in [0.5, 0.6) is 0 Å². The summed E-state index contributed by atoms with van der Waals surface area (Å²) >= 11 is 0. The Balaban J connectivity index is 2.16. The minimum Gasteiger partial charge on any atom is -0.323 e. The fraction of sp³-hybridized carbons (Fsp3) is 0.455. The van der Waals surface area contributed by atoms with Gasteiger partial charge in [-0.15, -0.1) is 0 Å². The molecule has 0 radical (unpaired) electrons. The van der Waals surface area contributed by atoms with Gasteiger partial charge >= 0.3 is 15.2 Å². The number of rotatable bonds is 4. The van der Waals surface area contributed by atoms with E-state index in [4.69, 9.17) is 19.6 Å². The van der Waals surface area contributed by atoms with Gasteiger partial charge in [-0.25, -0.2) is 0 Å². The third-order valence-corrected chi connectivity index (χ3v) is 6.69. The molecule has 5 N–H and O–H groups in total. The molecule has 0 saturated carbocycles. The molecule has 0 fully saturated rings. The minimum absolute atomic E-state index is 0.392. The van der Waals surface area contributed by atoms with Crippen LogP contribution in [0.1, 0.15) is 16.7 Å². The van der Waals surface area contributed by atoms with E-state index in [1.807, 2.05) is 25.1 Å². The predicted molar refractivity (Wildman–Crippen MR) is 73.4 cm³/mol. The molecule has 0 heterocycles. The second kappa shape index (κ2) is 5.35. The van der Waals surface area contributed by atoms with Gasteiger partial charge in [0.1, 0.15) is 0 Å². The summed E-state index contributed by atoms with van der Waals surface area (Å²) < 4.78 is 22.5. The van der Waals surface area contributed by atoms with Crippen LogP contribution in [0.4, 0.5) is 0 Å². The van der Waals surface area contributed by atoms with Crippen LogP contribution < -0.4 is 5.32 Å². The van der Waals surface area contributed by atoms with E-state index in [1.165, 1.54) is 0 Å². The Labute approximate surface area is 116 Å². The van der Waals surface area contributed by atoms with Crippen LogP contribution >= 0.6 is 15.2 Å². The van der Waals surface area contributed by atoms with Crippen molar-refractivity contribution < 1.29 is 28.7 Å². The van der Waals surface area contributed by atoms with Crippen molar-refractivity contribution in [1.82, 2.24) is 5.32 Å². The Morgan fingerprint density at radius 3 is 2.20 bits per heavy atom. The first-order chi connectivity index (χ1) is 9.07. The molecule has 1 unspecified atom stereocenters. The number of hydrogen-bond donors (Lipinski definition) is 5. The lowest BCUT2D eigenvalue weighted by atomic mass is 10.1. The van der Waals surface area contributed by atoms with Crippen LogP contribution in [-0.4, -0.2) is 31.1 Å². The zero-order valence-corrected chi connectivity index (χ0v) is 12.6. The summed E-state index contributed by atoms with van der Waals surface area (Å²) in [4.78, 5) is 36.4. The third-order valence-electron chi connectivity index (χ3n) is 3.32. The van der Waals surface area contributed by atoms with Gasteiger partial charge in [0.05, 0.1) is 0 Å². The van der Waals surface area contributed by atoms with Crippen molar-refractivity contribution >= 4 is 15.2 Å². The molecule has 0 amide bonds. The summed E-state index contributed by atoms with van der Waals surface area (Å²) in [5.74, 6) is 0. The maximum absolute atomic E-state index is 11.2. The standard InChI is InChI=1S/C11H17NO6P2/c1-7-2-3-8-5-10(6-9(8)4-7)12-11(19(13,14)15)20(16,17)18/h2-4,10-12H,5-6H2,1H3,(H2,13,14,15)(H2,16,17,18). The fourth-order valence-corrected chi connectivity index (χ4v) is 4.84. The molecule has 0 aliphatic heterocycles. The Hall–Kier alpha value is -0.520. The molecule has 1 aromatic rings. The monoisotopic (exact) mass is 321 g/mol. The van der Waals surface area contributed by atoms with Gasteiger partial charge in [0.15, 0.2) is 0 Å². The van der Waals surface area contributed by atoms with E-state index >= 15 is 0 Å². The van der Waals surface area contributed by atoms with Gasteiger partial charge in [-0.1, -0.05) is 23.8 Å². The molecule has 1 aliphatic rings. The zero-order chi connectivity index (χ0) is 15.1. The Bertz CT molecular complexity index is 585. The Morgan fingerprint density at radius 1 is 1.10 bits per heavy atom. The van der Waals surface area contributed by atoms with Gasteiger partial charge in [-0.2, -0.15) is 0 Å². The van der Waals surface area contributed by atoms with Crippen molar-refractivity contribution in [2.75, 3.05) is 0 Å². The second-order valence-corrected chi connectivity index (χ2v) is 8.89. The van der Waals surface area contributed by atoms with Crippen LogP contribution in [0.2, 0.25) is 0 Å².